The molecule has 0 saturated heterocycles. The number of aliphatic imine (C=N–C) groups is 1. The molecule has 1 heterocycles. The number of guanidine groups is 1. The summed E-state index contributed by atoms with van der Waals surface area (Å²) in [5.41, 5.74) is 5.46. The van der Waals surface area contributed by atoms with Gasteiger partial charge in [0, 0.05) is 25.2 Å². The molecule has 1 aromatic rings. The second-order valence-corrected chi connectivity index (χ2v) is 2.79. The van der Waals surface area contributed by atoms with Crippen LogP contribution in [0.15, 0.2) is 23.5 Å². The van der Waals surface area contributed by atoms with Crippen molar-refractivity contribution in [3.8, 4) is 12.3 Å². The Bertz CT molecular complexity index is 421. The van der Waals surface area contributed by atoms with Gasteiger partial charge in [-0.25, -0.2) is 9.97 Å². The predicted molar refractivity (Wildman–Crippen MR) is 60.4 cm³/mol. The lowest BCUT2D eigenvalue weighted by atomic mass is 10.3. The Kier molecular flexibility index (Phi) is 4.47. The maximum atomic E-state index is 11.2. The van der Waals surface area contributed by atoms with Gasteiger partial charge in [0.2, 0.25) is 17.8 Å². The Balaban J connectivity index is 2.52. The summed E-state index contributed by atoms with van der Waals surface area (Å²) >= 11 is 0. The van der Waals surface area contributed by atoms with Gasteiger partial charge in [0.25, 0.3) is 0 Å². The molecule has 0 spiro atoms. The third-order valence-corrected chi connectivity index (χ3v) is 1.53. The Morgan fingerprint density at radius 3 is 2.88 bits per heavy atom. The SMILES string of the molecule is C#CCCC(=O)/N=C(\N)Nc1ncccn1. The van der Waals surface area contributed by atoms with Gasteiger partial charge in [-0.15, -0.1) is 12.3 Å². The second kappa shape index (κ2) is 6.14. The van der Waals surface area contributed by atoms with Crippen molar-refractivity contribution in [1.82, 2.24) is 9.97 Å². The Hall–Kier alpha value is -2.42. The highest BCUT2D eigenvalue weighted by atomic mass is 16.1. The van der Waals surface area contributed by atoms with Gasteiger partial charge >= 0.3 is 0 Å². The van der Waals surface area contributed by atoms with Gasteiger partial charge in [0.05, 0.1) is 0 Å². The number of rotatable bonds is 3. The van der Waals surface area contributed by atoms with Crippen molar-refractivity contribution in [3.05, 3.63) is 18.5 Å². The molecule has 1 aromatic heterocycles. The molecule has 6 nitrogen and oxygen atoms in total. The van der Waals surface area contributed by atoms with E-state index in [9.17, 15) is 4.79 Å². The van der Waals surface area contributed by atoms with Crippen molar-refractivity contribution in [3.63, 3.8) is 0 Å². The minimum absolute atomic E-state index is 0.0479. The number of anilines is 1. The molecule has 6 heteroatoms. The van der Waals surface area contributed by atoms with Crippen LogP contribution in [0.25, 0.3) is 0 Å². The first-order valence-electron chi connectivity index (χ1n) is 4.57. The number of nitrogens with two attached hydrogens (primary N) is 1. The van der Waals surface area contributed by atoms with Crippen molar-refractivity contribution >= 4 is 17.8 Å². The number of amides is 1. The third kappa shape index (κ3) is 4.19. The van der Waals surface area contributed by atoms with E-state index >= 15 is 0 Å². The highest BCUT2D eigenvalue weighted by molar-refractivity contribution is 5.99. The molecule has 0 bridgehead atoms. The van der Waals surface area contributed by atoms with Gasteiger partial charge in [-0.05, 0) is 6.07 Å². The molecule has 0 aromatic carbocycles. The molecule has 82 valence electrons. The van der Waals surface area contributed by atoms with E-state index in [0.29, 0.717) is 6.42 Å². The molecule has 0 radical (unpaired) electrons. The van der Waals surface area contributed by atoms with Crippen LogP contribution in [0.5, 0.6) is 0 Å². The lowest BCUT2D eigenvalue weighted by molar-refractivity contribution is -0.117. The maximum Gasteiger partial charge on any atom is 0.249 e. The van der Waals surface area contributed by atoms with E-state index in [1.165, 1.54) is 0 Å². The fraction of sp³-hybridized carbons (Fsp3) is 0.200. The van der Waals surface area contributed by atoms with Crippen LogP contribution in [-0.2, 0) is 4.79 Å². The van der Waals surface area contributed by atoms with Crippen LogP contribution < -0.4 is 11.1 Å². The molecular formula is C10H11N5O. The van der Waals surface area contributed by atoms with Gasteiger partial charge in [0.15, 0.2) is 0 Å². The summed E-state index contributed by atoms with van der Waals surface area (Å²) in [6.45, 7) is 0. The molecule has 0 aliphatic heterocycles. The zero-order valence-corrected chi connectivity index (χ0v) is 8.55. The summed E-state index contributed by atoms with van der Waals surface area (Å²) in [6, 6.07) is 1.66. The first-order chi connectivity index (χ1) is 7.72. The van der Waals surface area contributed by atoms with Gasteiger partial charge in [0.1, 0.15) is 0 Å². The maximum absolute atomic E-state index is 11.2. The smallest absolute Gasteiger partial charge is 0.249 e. The number of carbonyl (C=O) groups excluding carboxylic acids is 1. The molecule has 0 fully saturated rings. The number of nitrogens with one attached hydrogen (secondary N) is 1. The van der Waals surface area contributed by atoms with Crippen LogP contribution in [0.3, 0.4) is 0 Å². The summed E-state index contributed by atoms with van der Waals surface area (Å²) in [4.78, 5) is 22.5. The largest absolute Gasteiger partial charge is 0.369 e. The van der Waals surface area contributed by atoms with Crippen LogP contribution >= 0.6 is 0 Å². The highest BCUT2D eigenvalue weighted by Crippen LogP contribution is 1.94. The minimum Gasteiger partial charge on any atom is -0.369 e. The van der Waals surface area contributed by atoms with E-state index in [0.717, 1.165) is 0 Å². The topological polar surface area (TPSA) is 93.3 Å². The average Bonchev–Trinajstić information content (AvgIpc) is 2.27. The van der Waals surface area contributed by atoms with Crippen molar-refractivity contribution < 1.29 is 4.79 Å². The zero-order valence-electron chi connectivity index (χ0n) is 8.55. The third-order valence-electron chi connectivity index (χ3n) is 1.53. The minimum atomic E-state index is -0.376. The summed E-state index contributed by atoms with van der Waals surface area (Å²) < 4.78 is 0. The number of terminal acetylenes is 1. The van der Waals surface area contributed by atoms with Crippen molar-refractivity contribution in [2.24, 2.45) is 10.7 Å². The van der Waals surface area contributed by atoms with Crippen molar-refractivity contribution in [2.45, 2.75) is 12.8 Å². The van der Waals surface area contributed by atoms with Crippen LogP contribution in [0, 0.1) is 12.3 Å². The van der Waals surface area contributed by atoms with Crippen LogP contribution in [0.4, 0.5) is 5.95 Å². The van der Waals surface area contributed by atoms with E-state index in [1.54, 1.807) is 18.5 Å². The molecule has 1 amide bonds. The Labute approximate surface area is 93.0 Å². The fourth-order valence-corrected chi connectivity index (χ4v) is 0.875. The van der Waals surface area contributed by atoms with Crippen molar-refractivity contribution in [1.29, 1.82) is 0 Å². The Morgan fingerprint density at radius 2 is 2.25 bits per heavy atom. The standard InChI is InChI=1S/C10H11N5O/c1-2-3-5-8(16)14-9(11)15-10-12-6-4-7-13-10/h1,4,6-7H,3,5H2,(H3,11,12,13,14,15,16). The van der Waals surface area contributed by atoms with Gasteiger partial charge in [-0.2, -0.15) is 4.99 Å². The number of aromatic nitrogens is 2. The molecule has 1 rings (SSSR count). The lowest BCUT2D eigenvalue weighted by Crippen LogP contribution is -2.25. The summed E-state index contributed by atoms with van der Waals surface area (Å²) in [7, 11) is 0. The van der Waals surface area contributed by atoms with E-state index in [2.05, 4.69) is 26.2 Å². The summed E-state index contributed by atoms with van der Waals surface area (Å²) in [5, 5.41) is 2.58. The highest BCUT2D eigenvalue weighted by Gasteiger charge is 2.01. The monoisotopic (exact) mass is 217 g/mol. The summed E-state index contributed by atoms with van der Waals surface area (Å²) in [5.74, 6) is 2.21. The molecule has 0 aliphatic carbocycles. The molecular weight excluding hydrogens is 206 g/mol. The second-order valence-electron chi connectivity index (χ2n) is 2.79. The quantitative estimate of drug-likeness (QED) is 0.427. The molecule has 0 aliphatic rings. The molecule has 3 N–H and O–H groups in total. The number of nitrogens with zero attached hydrogens (tertiary/aromatic N) is 3. The van der Waals surface area contributed by atoms with Gasteiger partial charge in [-0.1, -0.05) is 0 Å². The van der Waals surface area contributed by atoms with E-state index < -0.39 is 0 Å². The molecule has 16 heavy (non-hydrogen) atoms. The van der Waals surface area contributed by atoms with Crippen LogP contribution in [-0.4, -0.2) is 21.8 Å². The normalized spacial score (nSPS) is 10.6. The van der Waals surface area contributed by atoms with Crippen LogP contribution in [0.2, 0.25) is 0 Å². The van der Waals surface area contributed by atoms with Gasteiger partial charge < -0.3 is 5.73 Å². The lowest BCUT2D eigenvalue weighted by Gasteiger charge is -2.01. The molecule has 0 saturated carbocycles. The van der Waals surface area contributed by atoms with E-state index in [1.807, 2.05) is 0 Å². The van der Waals surface area contributed by atoms with Crippen LogP contribution in [0.1, 0.15) is 12.8 Å². The Morgan fingerprint density at radius 1 is 1.56 bits per heavy atom. The number of hydrogen-bond acceptors (Lipinski definition) is 3. The molecule has 0 atom stereocenters. The predicted octanol–water partition coefficient (Wildman–Crippen LogP) is 0.143. The molecule has 0 unspecified atom stereocenters. The first-order valence-corrected chi connectivity index (χ1v) is 4.57. The summed E-state index contributed by atoms with van der Waals surface area (Å²) in [6.07, 6.45) is 8.62. The van der Waals surface area contributed by atoms with E-state index in [-0.39, 0.29) is 24.2 Å². The number of carbonyl (C=O) groups is 1. The average molecular weight is 217 g/mol. The first kappa shape index (κ1) is 11.7. The fourth-order valence-electron chi connectivity index (χ4n) is 0.875. The zero-order chi connectivity index (χ0) is 11.8. The van der Waals surface area contributed by atoms with Crippen molar-refractivity contribution in [2.75, 3.05) is 5.32 Å². The van der Waals surface area contributed by atoms with E-state index in [4.69, 9.17) is 12.2 Å². The number of hydrogen-bond donors (Lipinski definition) is 2. The van der Waals surface area contributed by atoms with Gasteiger partial charge in [-0.3, -0.25) is 10.1 Å².